The first-order valence-corrected chi connectivity index (χ1v) is 7.14. The highest BCUT2D eigenvalue weighted by Crippen LogP contribution is 2.34. The molecule has 20 heavy (non-hydrogen) atoms. The largest absolute Gasteiger partial charge is 0.454 e. The molecule has 5 nitrogen and oxygen atoms in total. The quantitative estimate of drug-likeness (QED) is 0.908. The Morgan fingerprint density at radius 1 is 1.30 bits per heavy atom. The van der Waals surface area contributed by atoms with E-state index in [0.717, 1.165) is 36.8 Å². The minimum absolute atomic E-state index is 0.0303. The van der Waals surface area contributed by atoms with Crippen molar-refractivity contribution in [3.05, 3.63) is 23.8 Å². The van der Waals surface area contributed by atoms with Crippen molar-refractivity contribution < 1.29 is 14.2 Å². The molecule has 2 heterocycles. The SMILES string of the molecule is CC1CN(CC(N)c2ccc3c(c2)OCO3)C(C)CO1. The summed E-state index contributed by atoms with van der Waals surface area (Å²) in [6, 6.07) is 6.32. The molecule has 2 aliphatic heterocycles. The Hall–Kier alpha value is -1.30. The van der Waals surface area contributed by atoms with Gasteiger partial charge in [-0.1, -0.05) is 6.07 Å². The van der Waals surface area contributed by atoms with Crippen LogP contribution in [0.15, 0.2) is 18.2 Å². The summed E-state index contributed by atoms with van der Waals surface area (Å²) in [6.45, 7) is 7.11. The number of morpholine rings is 1. The molecule has 3 unspecified atom stereocenters. The Kier molecular flexibility index (Phi) is 3.83. The fraction of sp³-hybridized carbons (Fsp3) is 0.600. The average molecular weight is 278 g/mol. The second kappa shape index (κ2) is 5.60. The van der Waals surface area contributed by atoms with Gasteiger partial charge in [-0.3, -0.25) is 4.90 Å². The van der Waals surface area contributed by atoms with E-state index in [9.17, 15) is 0 Å². The van der Waals surface area contributed by atoms with E-state index in [1.54, 1.807) is 0 Å². The molecule has 0 amide bonds. The monoisotopic (exact) mass is 278 g/mol. The van der Waals surface area contributed by atoms with Crippen LogP contribution in [0.5, 0.6) is 11.5 Å². The van der Waals surface area contributed by atoms with Crippen LogP contribution in [0.25, 0.3) is 0 Å². The smallest absolute Gasteiger partial charge is 0.231 e. The Morgan fingerprint density at radius 3 is 2.95 bits per heavy atom. The van der Waals surface area contributed by atoms with Crippen LogP contribution in [0.3, 0.4) is 0 Å². The van der Waals surface area contributed by atoms with E-state index >= 15 is 0 Å². The fourth-order valence-corrected chi connectivity index (χ4v) is 2.73. The van der Waals surface area contributed by atoms with Gasteiger partial charge in [0.15, 0.2) is 11.5 Å². The van der Waals surface area contributed by atoms with E-state index in [2.05, 4.69) is 18.7 Å². The van der Waals surface area contributed by atoms with Gasteiger partial charge < -0.3 is 19.9 Å². The van der Waals surface area contributed by atoms with Crippen LogP contribution in [0.2, 0.25) is 0 Å². The fourth-order valence-electron chi connectivity index (χ4n) is 2.73. The Balaban J connectivity index is 1.68. The maximum Gasteiger partial charge on any atom is 0.231 e. The second-order valence-electron chi connectivity index (χ2n) is 5.67. The number of nitrogens with two attached hydrogens (primary N) is 1. The lowest BCUT2D eigenvalue weighted by Crippen LogP contribution is -2.49. The molecule has 1 aromatic carbocycles. The molecule has 1 saturated heterocycles. The first kappa shape index (κ1) is 13.7. The van der Waals surface area contributed by atoms with Gasteiger partial charge in [-0.2, -0.15) is 0 Å². The summed E-state index contributed by atoms with van der Waals surface area (Å²) in [5, 5.41) is 0. The second-order valence-corrected chi connectivity index (χ2v) is 5.67. The van der Waals surface area contributed by atoms with Gasteiger partial charge >= 0.3 is 0 Å². The van der Waals surface area contributed by atoms with Crippen LogP contribution in [0.1, 0.15) is 25.5 Å². The molecule has 0 radical (unpaired) electrons. The molecular weight excluding hydrogens is 256 g/mol. The third-order valence-corrected chi connectivity index (χ3v) is 3.99. The van der Waals surface area contributed by atoms with Gasteiger partial charge in [0.05, 0.1) is 12.7 Å². The van der Waals surface area contributed by atoms with Gasteiger partial charge in [0.25, 0.3) is 0 Å². The Bertz CT molecular complexity index is 480. The van der Waals surface area contributed by atoms with Crippen molar-refractivity contribution in [2.45, 2.75) is 32.0 Å². The zero-order valence-corrected chi connectivity index (χ0v) is 12.0. The molecule has 110 valence electrons. The predicted octanol–water partition coefficient (Wildman–Crippen LogP) is 1.52. The van der Waals surface area contributed by atoms with E-state index < -0.39 is 0 Å². The van der Waals surface area contributed by atoms with Crippen molar-refractivity contribution in [3.63, 3.8) is 0 Å². The van der Waals surface area contributed by atoms with E-state index in [1.165, 1.54) is 0 Å². The van der Waals surface area contributed by atoms with E-state index in [0.29, 0.717) is 12.8 Å². The van der Waals surface area contributed by atoms with Gasteiger partial charge in [0, 0.05) is 25.2 Å². The van der Waals surface area contributed by atoms with Crippen molar-refractivity contribution >= 4 is 0 Å². The molecule has 2 aliphatic rings. The maximum absolute atomic E-state index is 6.35. The average Bonchev–Trinajstić information content (AvgIpc) is 2.90. The molecule has 2 N–H and O–H groups in total. The Morgan fingerprint density at radius 2 is 2.10 bits per heavy atom. The minimum Gasteiger partial charge on any atom is -0.454 e. The number of fused-ring (bicyclic) bond motifs is 1. The standard InChI is InChI=1S/C15H22N2O3/c1-10-8-18-11(2)6-17(10)7-13(16)12-3-4-14-15(5-12)20-9-19-14/h3-5,10-11,13H,6-9,16H2,1-2H3. The molecule has 0 aliphatic carbocycles. The molecule has 3 atom stereocenters. The highest BCUT2D eigenvalue weighted by Gasteiger charge is 2.25. The first-order valence-electron chi connectivity index (χ1n) is 7.14. The summed E-state index contributed by atoms with van der Waals surface area (Å²) < 4.78 is 16.4. The lowest BCUT2D eigenvalue weighted by Gasteiger charge is -2.38. The van der Waals surface area contributed by atoms with Crippen LogP contribution >= 0.6 is 0 Å². The minimum atomic E-state index is -0.0303. The predicted molar refractivity (Wildman–Crippen MR) is 75.9 cm³/mol. The van der Waals surface area contributed by atoms with Crippen molar-refractivity contribution in [1.82, 2.24) is 4.90 Å². The highest BCUT2D eigenvalue weighted by atomic mass is 16.7. The van der Waals surface area contributed by atoms with E-state index in [4.69, 9.17) is 19.9 Å². The zero-order chi connectivity index (χ0) is 14.1. The molecule has 0 bridgehead atoms. The molecule has 1 aromatic rings. The lowest BCUT2D eigenvalue weighted by atomic mass is 10.0. The third-order valence-electron chi connectivity index (χ3n) is 3.99. The molecule has 0 spiro atoms. The van der Waals surface area contributed by atoms with Crippen molar-refractivity contribution in [2.75, 3.05) is 26.5 Å². The van der Waals surface area contributed by atoms with Crippen LogP contribution in [0.4, 0.5) is 0 Å². The van der Waals surface area contributed by atoms with Crippen molar-refractivity contribution in [1.29, 1.82) is 0 Å². The van der Waals surface area contributed by atoms with Crippen molar-refractivity contribution in [3.8, 4) is 11.5 Å². The molecule has 1 fully saturated rings. The number of hydrogen-bond donors (Lipinski definition) is 1. The molecular formula is C15H22N2O3. The number of benzene rings is 1. The zero-order valence-electron chi connectivity index (χ0n) is 12.0. The van der Waals surface area contributed by atoms with E-state index in [1.807, 2.05) is 18.2 Å². The van der Waals surface area contributed by atoms with Crippen LogP contribution in [0, 0.1) is 0 Å². The summed E-state index contributed by atoms with van der Waals surface area (Å²) in [5.74, 6) is 1.59. The van der Waals surface area contributed by atoms with Gasteiger partial charge in [0.2, 0.25) is 6.79 Å². The van der Waals surface area contributed by atoms with E-state index in [-0.39, 0.29) is 12.1 Å². The van der Waals surface area contributed by atoms with Crippen LogP contribution in [-0.2, 0) is 4.74 Å². The molecule has 0 aromatic heterocycles. The normalized spacial score (nSPS) is 27.6. The van der Waals surface area contributed by atoms with Crippen LogP contribution < -0.4 is 15.2 Å². The summed E-state index contributed by atoms with van der Waals surface area (Å²) in [4.78, 5) is 2.39. The summed E-state index contributed by atoms with van der Waals surface area (Å²) in [6.07, 6.45) is 0.273. The molecule has 0 saturated carbocycles. The van der Waals surface area contributed by atoms with Crippen LogP contribution in [-0.4, -0.2) is 43.5 Å². The van der Waals surface area contributed by atoms with Crippen molar-refractivity contribution in [2.24, 2.45) is 5.73 Å². The van der Waals surface area contributed by atoms with Gasteiger partial charge in [-0.15, -0.1) is 0 Å². The van der Waals surface area contributed by atoms with Gasteiger partial charge in [0.1, 0.15) is 0 Å². The third kappa shape index (κ3) is 2.75. The highest BCUT2D eigenvalue weighted by molar-refractivity contribution is 5.45. The summed E-state index contributed by atoms with van der Waals surface area (Å²) >= 11 is 0. The number of hydrogen-bond acceptors (Lipinski definition) is 5. The summed E-state index contributed by atoms with van der Waals surface area (Å²) in [7, 11) is 0. The summed E-state index contributed by atoms with van der Waals surface area (Å²) in [5.41, 5.74) is 7.43. The molecule has 3 rings (SSSR count). The maximum atomic E-state index is 6.35. The Labute approximate surface area is 119 Å². The topological polar surface area (TPSA) is 57.0 Å². The number of ether oxygens (including phenoxy) is 3. The lowest BCUT2D eigenvalue weighted by molar-refractivity contribution is -0.0510. The number of nitrogens with zero attached hydrogens (tertiary/aromatic N) is 1. The first-order chi connectivity index (χ1) is 9.63. The number of rotatable bonds is 3. The van der Waals surface area contributed by atoms with Gasteiger partial charge in [-0.05, 0) is 31.5 Å². The van der Waals surface area contributed by atoms with Gasteiger partial charge in [-0.25, -0.2) is 0 Å². The molecule has 5 heteroatoms.